The van der Waals surface area contributed by atoms with Crippen molar-refractivity contribution in [2.75, 3.05) is 17.2 Å². The minimum atomic E-state index is -4.64. The van der Waals surface area contributed by atoms with E-state index in [9.17, 15) is 27.6 Å². The van der Waals surface area contributed by atoms with Crippen LogP contribution >= 0.6 is 0 Å². The molecule has 27 heavy (non-hydrogen) atoms. The van der Waals surface area contributed by atoms with Crippen molar-refractivity contribution in [3.05, 3.63) is 59.7 Å². The number of nitrogens with one attached hydrogen (secondary N) is 3. The van der Waals surface area contributed by atoms with E-state index in [-0.39, 0.29) is 0 Å². The van der Waals surface area contributed by atoms with E-state index in [0.717, 1.165) is 17.7 Å². The van der Waals surface area contributed by atoms with Gasteiger partial charge < -0.3 is 16.0 Å². The molecule has 0 atom stereocenters. The fourth-order valence-corrected chi connectivity index (χ4v) is 2.19. The van der Waals surface area contributed by atoms with Gasteiger partial charge in [-0.2, -0.15) is 13.2 Å². The summed E-state index contributed by atoms with van der Waals surface area (Å²) < 4.78 is 38.6. The Morgan fingerprint density at radius 1 is 0.926 bits per heavy atom. The number of para-hydroxylation sites is 1. The van der Waals surface area contributed by atoms with Gasteiger partial charge in [0.05, 0.1) is 17.8 Å². The van der Waals surface area contributed by atoms with Crippen LogP contribution < -0.4 is 16.0 Å². The zero-order chi connectivity index (χ0) is 20.0. The predicted octanol–water partition coefficient (Wildman–Crippen LogP) is 2.71. The van der Waals surface area contributed by atoms with Crippen LogP contribution in [-0.2, 0) is 20.6 Å². The molecule has 3 N–H and O–H groups in total. The highest BCUT2D eigenvalue weighted by molar-refractivity contribution is 6.39. The number of carbonyl (C=O) groups excluding carboxylic acids is 3. The molecular weight excluding hydrogens is 363 g/mol. The average molecular weight is 379 g/mol. The van der Waals surface area contributed by atoms with Crippen molar-refractivity contribution in [1.29, 1.82) is 0 Å². The van der Waals surface area contributed by atoms with Crippen molar-refractivity contribution in [1.82, 2.24) is 5.32 Å². The monoisotopic (exact) mass is 379 g/mol. The molecule has 0 aliphatic rings. The maximum Gasteiger partial charge on any atom is 0.418 e. The van der Waals surface area contributed by atoms with Gasteiger partial charge >= 0.3 is 18.0 Å². The number of rotatable bonds is 4. The highest BCUT2D eigenvalue weighted by atomic mass is 19.4. The Hall–Kier alpha value is -3.36. The van der Waals surface area contributed by atoms with Gasteiger partial charge in [0.25, 0.3) is 0 Å². The Morgan fingerprint density at radius 3 is 2.30 bits per heavy atom. The van der Waals surface area contributed by atoms with E-state index in [1.165, 1.54) is 12.1 Å². The Balaban J connectivity index is 1.90. The third-order valence-electron chi connectivity index (χ3n) is 3.40. The first-order valence-corrected chi connectivity index (χ1v) is 7.79. The summed E-state index contributed by atoms with van der Waals surface area (Å²) in [5.41, 5.74) is -0.176. The van der Waals surface area contributed by atoms with Gasteiger partial charge in [0, 0.05) is 5.69 Å². The fourth-order valence-electron chi connectivity index (χ4n) is 2.19. The lowest BCUT2D eigenvalue weighted by Crippen LogP contribution is -2.40. The molecular formula is C18H16F3N3O3. The van der Waals surface area contributed by atoms with Gasteiger partial charge in [-0.15, -0.1) is 0 Å². The molecule has 0 spiro atoms. The minimum Gasteiger partial charge on any atom is -0.339 e. The second-order valence-electron chi connectivity index (χ2n) is 5.60. The molecule has 0 unspecified atom stereocenters. The number of benzene rings is 2. The van der Waals surface area contributed by atoms with Crippen LogP contribution in [0.2, 0.25) is 0 Å². The highest BCUT2D eigenvalue weighted by Crippen LogP contribution is 2.34. The maximum atomic E-state index is 12.9. The maximum absolute atomic E-state index is 12.9. The van der Waals surface area contributed by atoms with Crippen LogP contribution in [0.1, 0.15) is 11.1 Å². The Kier molecular flexibility index (Phi) is 6.17. The molecule has 0 radical (unpaired) electrons. The number of amides is 3. The largest absolute Gasteiger partial charge is 0.418 e. The highest BCUT2D eigenvalue weighted by Gasteiger charge is 2.33. The van der Waals surface area contributed by atoms with Crippen LogP contribution in [0.15, 0.2) is 48.5 Å². The van der Waals surface area contributed by atoms with Crippen molar-refractivity contribution in [2.24, 2.45) is 0 Å². The fraction of sp³-hybridized carbons (Fsp3) is 0.167. The molecule has 9 heteroatoms. The van der Waals surface area contributed by atoms with Crippen molar-refractivity contribution in [3.8, 4) is 0 Å². The lowest BCUT2D eigenvalue weighted by molar-refractivity contribution is -0.137. The molecule has 2 rings (SSSR count). The van der Waals surface area contributed by atoms with Crippen LogP contribution in [0, 0.1) is 6.92 Å². The molecule has 0 saturated heterocycles. The lowest BCUT2D eigenvalue weighted by Gasteiger charge is -2.13. The van der Waals surface area contributed by atoms with Gasteiger partial charge in [0.1, 0.15) is 0 Å². The number of aryl methyl sites for hydroxylation is 1. The minimum absolute atomic E-state index is 0.402. The van der Waals surface area contributed by atoms with E-state index in [2.05, 4.69) is 16.0 Å². The van der Waals surface area contributed by atoms with E-state index in [1.54, 1.807) is 31.2 Å². The topological polar surface area (TPSA) is 87.3 Å². The molecule has 3 amide bonds. The van der Waals surface area contributed by atoms with Crippen molar-refractivity contribution >= 4 is 29.1 Å². The number of halogens is 3. The third-order valence-corrected chi connectivity index (χ3v) is 3.40. The normalized spacial score (nSPS) is 10.8. The second kappa shape index (κ2) is 8.35. The summed E-state index contributed by atoms with van der Waals surface area (Å²) in [6, 6.07) is 11.2. The zero-order valence-electron chi connectivity index (χ0n) is 14.2. The van der Waals surface area contributed by atoms with Gasteiger partial charge in [-0.1, -0.05) is 24.3 Å². The summed E-state index contributed by atoms with van der Waals surface area (Å²) in [7, 11) is 0. The number of anilines is 2. The molecule has 0 fully saturated rings. The Labute approximate surface area is 152 Å². The van der Waals surface area contributed by atoms with E-state index in [1.807, 2.05) is 0 Å². The van der Waals surface area contributed by atoms with Crippen LogP contribution in [-0.4, -0.2) is 24.3 Å². The Bertz CT molecular complexity index is 866. The van der Waals surface area contributed by atoms with Crippen LogP contribution in [0.4, 0.5) is 24.5 Å². The smallest absolute Gasteiger partial charge is 0.339 e. The lowest BCUT2D eigenvalue weighted by atomic mass is 10.1. The quantitative estimate of drug-likeness (QED) is 0.714. The molecule has 0 saturated carbocycles. The summed E-state index contributed by atoms with van der Waals surface area (Å²) in [4.78, 5) is 35.3. The molecule has 6 nitrogen and oxygen atoms in total. The van der Waals surface area contributed by atoms with Gasteiger partial charge in [0.15, 0.2) is 0 Å². The Morgan fingerprint density at radius 2 is 1.63 bits per heavy atom. The van der Waals surface area contributed by atoms with E-state index in [0.29, 0.717) is 5.69 Å². The second-order valence-corrected chi connectivity index (χ2v) is 5.60. The molecule has 2 aromatic carbocycles. The standard InChI is InChI=1S/C18H16F3N3O3/c1-11-5-4-6-12(9-11)23-17(27)16(26)22-10-15(25)24-14-8-3-2-7-13(14)18(19,20)21/h2-9H,10H2,1H3,(H,22,26)(H,23,27)(H,24,25). The molecule has 2 aromatic rings. The van der Waals surface area contributed by atoms with E-state index < -0.39 is 41.7 Å². The van der Waals surface area contributed by atoms with Gasteiger partial charge in [-0.25, -0.2) is 0 Å². The zero-order valence-corrected chi connectivity index (χ0v) is 14.2. The van der Waals surface area contributed by atoms with Crippen LogP contribution in [0.3, 0.4) is 0 Å². The van der Waals surface area contributed by atoms with Gasteiger partial charge in [-0.05, 0) is 36.8 Å². The number of hydrogen-bond donors (Lipinski definition) is 3. The van der Waals surface area contributed by atoms with E-state index >= 15 is 0 Å². The molecule has 0 aliphatic heterocycles. The van der Waals surface area contributed by atoms with Crippen LogP contribution in [0.25, 0.3) is 0 Å². The average Bonchev–Trinajstić information content (AvgIpc) is 2.59. The summed E-state index contributed by atoms with van der Waals surface area (Å²) >= 11 is 0. The first kappa shape index (κ1) is 20.0. The van der Waals surface area contributed by atoms with Gasteiger partial charge in [0.2, 0.25) is 5.91 Å². The van der Waals surface area contributed by atoms with Crippen molar-refractivity contribution < 1.29 is 27.6 Å². The van der Waals surface area contributed by atoms with E-state index in [4.69, 9.17) is 0 Å². The number of hydrogen-bond acceptors (Lipinski definition) is 3. The summed E-state index contributed by atoms with van der Waals surface area (Å²) in [6.07, 6.45) is -4.64. The number of alkyl halides is 3. The summed E-state index contributed by atoms with van der Waals surface area (Å²) in [6.45, 7) is 1.14. The van der Waals surface area contributed by atoms with Crippen molar-refractivity contribution in [3.63, 3.8) is 0 Å². The predicted molar refractivity (Wildman–Crippen MR) is 92.9 cm³/mol. The molecule has 0 bridgehead atoms. The molecule has 0 aliphatic carbocycles. The van der Waals surface area contributed by atoms with Crippen molar-refractivity contribution in [2.45, 2.75) is 13.1 Å². The molecule has 142 valence electrons. The SMILES string of the molecule is Cc1cccc(NC(=O)C(=O)NCC(=O)Nc2ccccc2C(F)(F)F)c1. The molecule has 0 heterocycles. The first-order valence-electron chi connectivity index (χ1n) is 7.79. The summed E-state index contributed by atoms with van der Waals surface area (Å²) in [5, 5.41) is 6.47. The van der Waals surface area contributed by atoms with Crippen LogP contribution in [0.5, 0.6) is 0 Å². The third kappa shape index (κ3) is 5.84. The molecule has 0 aromatic heterocycles. The van der Waals surface area contributed by atoms with Gasteiger partial charge in [-0.3, -0.25) is 14.4 Å². The first-order chi connectivity index (χ1) is 12.7. The summed E-state index contributed by atoms with van der Waals surface area (Å²) in [5.74, 6) is -2.98. The number of carbonyl (C=O) groups is 3.